The minimum absolute atomic E-state index is 0.129. The van der Waals surface area contributed by atoms with Gasteiger partial charge < -0.3 is 4.57 Å². The van der Waals surface area contributed by atoms with Crippen molar-refractivity contribution in [2.24, 2.45) is 11.8 Å². The van der Waals surface area contributed by atoms with Crippen LogP contribution in [0.15, 0.2) is 30.6 Å². The second-order valence-electron chi connectivity index (χ2n) is 7.21. The Hall–Kier alpha value is -2.45. The zero-order valence-corrected chi connectivity index (χ0v) is 15.4. The summed E-state index contributed by atoms with van der Waals surface area (Å²) in [6.45, 7) is 3.24. The van der Waals surface area contributed by atoms with Gasteiger partial charge in [-0.1, -0.05) is 43.5 Å². The van der Waals surface area contributed by atoms with E-state index in [2.05, 4.69) is 26.4 Å². The average molecular weight is 366 g/mol. The van der Waals surface area contributed by atoms with E-state index < -0.39 is 0 Å². The molecule has 26 heavy (non-hydrogen) atoms. The van der Waals surface area contributed by atoms with Crippen molar-refractivity contribution in [2.45, 2.75) is 39.2 Å². The summed E-state index contributed by atoms with van der Waals surface area (Å²) >= 11 is 6.17. The maximum atomic E-state index is 9.28. The summed E-state index contributed by atoms with van der Waals surface area (Å²) in [4.78, 5) is 13.2. The van der Waals surface area contributed by atoms with Crippen molar-refractivity contribution in [3.8, 4) is 17.3 Å². The molecule has 0 unspecified atom stereocenters. The first kappa shape index (κ1) is 17.0. The van der Waals surface area contributed by atoms with Crippen LogP contribution in [0.3, 0.4) is 0 Å². The quantitative estimate of drug-likeness (QED) is 0.665. The minimum Gasteiger partial charge on any atom is -0.327 e. The van der Waals surface area contributed by atoms with Crippen molar-refractivity contribution in [2.75, 3.05) is 0 Å². The Labute approximate surface area is 157 Å². The molecule has 2 aromatic heterocycles. The Morgan fingerprint density at radius 1 is 1.23 bits per heavy atom. The van der Waals surface area contributed by atoms with Gasteiger partial charge in [0.2, 0.25) is 5.82 Å². The fourth-order valence-corrected chi connectivity index (χ4v) is 3.99. The Balaban J connectivity index is 1.79. The fourth-order valence-electron chi connectivity index (χ4n) is 3.79. The molecule has 0 radical (unpaired) electrons. The van der Waals surface area contributed by atoms with Crippen LogP contribution >= 0.6 is 11.6 Å². The van der Waals surface area contributed by atoms with Crippen molar-refractivity contribution in [1.29, 1.82) is 5.26 Å². The lowest BCUT2D eigenvalue weighted by molar-refractivity contribution is 0.266. The van der Waals surface area contributed by atoms with Gasteiger partial charge in [-0.2, -0.15) is 10.2 Å². The number of halogens is 1. The molecule has 6 heteroatoms. The van der Waals surface area contributed by atoms with Crippen LogP contribution in [0.25, 0.3) is 22.4 Å². The van der Waals surface area contributed by atoms with Crippen LogP contribution in [-0.2, 0) is 6.54 Å². The third kappa shape index (κ3) is 3.30. The zero-order valence-electron chi connectivity index (χ0n) is 14.7. The van der Waals surface area contributed by atoms with Crippen LogP contribution in [0.1, 0.15) is 38.4 Å². The van der Waals surface area contributed by atoms with Gasteiger partial charge in [-0.25, -0.2) is 9.97 Å². The number of fused-ring (bicyclic) bond motifs is 1. The standard InChI is InChI=1S/C20H20ClN5/c1-13-5-7-14(8-6-13)11-26-12-23-20-19(26)18(24-17(10-22)25-20)15-3-2-4-16(21)9-15/h2-4,9,12-14H,5-8,11H2,1H3. The summed E-state index contributed by atoms with van der Waals surface area (Å²) in [5, 5.41) is 9.92. The smallest absolute Gasteiger partial charge is 0.234 e. The summed E-state index contributed by atoms with van der Waals surface area (Å²) in [5.74, 6) is 1.60. The van der Waals surface area contributed by atoms with Crippen LogP contribution < -0.4 is 0 Å². The van der Waals surface area contributed by atoms with Gasteiger partial charge in [-0.3, -0.25) is 0 Å². The molecular formula is C20H20ClN5. The first-order valence-corrected chi connectivity index (χ1v) is 9.40. The van der Waals surface area contributed by atoms with Crippen molar-refractivity contribution < 1.29 is 0 Å². The monoisotopic (exact) mass is 365 g/mol. The fraction of sp³-hybridized carbons (Fsp3) is 0.400. The Bertz CT molecular complexity index is 980. The Morgan fingerprint density at radius 3 is 2.77 bits per heavy atom. The zero-order chi connectivity index (χ0) is 18.1. The molecule has 0 saturated heterocycles. The molecule has 3 aromatic rings. The highest BCUT2D eigenvalue weighted by molar-refractivity contribution is 6.30. The molecule has 1 aliphatic carbocycles. The highest BCUT2D eigenvalue weighted by Crippen LogP contribution is 2.32. The molecule has 1 fully saturated rings. The maximum absolute atomic E-state index is 9.28. The molecule has 1 saturated carbocycles. The number of benzene rings is 1. The topological polar surface area (TPSA) is 67.4 Å². The number of hydrogen-bond acceptors (Lipinski definition) is 4. The van der Waals surface area contributed by atoms with E-state index in [0.717, 1.165) is 29.2 Å². The number of hydrogen-bond donors (Lipinski definition) is 0. The van der Waals surface area contributed by atoms with E-state index in [9.17, 15) is 5.26 Å². The number of aromatic nitrogens is 4. The largest absolute Gasteiger partial charge is 0.327 e. The van der Waals surface area contributed by atoms with Crippen LogP contribution in [0.4, 0.5) is 0 Å². The molecule has 0 N–H and O–H groups in total. The summed E-state index contributed by atoms with van der Waals surface area (Å²) in [7, 11) is 0. The molecule has 0 amide bonds. The van der Waals surface area contributed by atoms with E-state index in [1.165, 1.54) is 25.7 Å². The number of rotatable bonds is 3. The van der Waals surface area contributed by atoms with Gasteiger partial charge in [-0.15, -0.1) is 0 Å². The average Bonchev–Trinajstić information content (AvgIpc) is 3.05. The van der Waals surface area contributed by atoms with Gasteiger partial charge in [0.25, 0.3) is 0 Å². The molecule has 2 heterocycles. The number of nitrogens with zero attached hydrogens (tertiary/aromatic N) is 5. The van der Waals surface area contributed by atoms with Crippen molar-refractivity contribution in [1.82, 2.24) is 19.5 Å². The molecule has 1 aromatic carbocycles. The van der Waals surface area contributed by atoms with Gasteiger partial charge in [0.1, 0.15) is 17.3 Å². The lowest BCUT2D eigenvalue weighted by Crippen LogP contribution is -2.17. The normalized spacial score (nSPS) is 20.2. The Morgan fingerprint density at radius 2 is 2.04 bits per heavy atom. The third-order valence-corrected chi connectivity index (χ3v) is 5.50. The van der Waals surface area contributed by atoms with E-state index in [-0.39, 0.29) is 5.82 Å². The molecule has 0 atom stereocenters. The molecule has 5 nitrogen and oxygen atoms in total. The highest BCUT2D eigenvalue weighted by atomic mass is 35.5. The highest BCUT2D eigenvalue weighted by Gasteiger charge is 2.21. The summed E-state index contributed by atoms with van der Waals surface area (Å²) in [5.41, 5.74) is 3.04. The van der Waals surface area contributed by atoms with Crippen molar-refractivity contribution >= 4 is 22.8 Å². The molecule has 0 bridgehead atoms. The third-order valence-electron chi connectivity index (χ3n) is 5.26. The van der Waals surface area contributed by atoms with Gasteiger partial charge in [0.15, 0.2) is 5.65 Å². The van der Waals surface area contributed by atoms with Gasteiger partial charge in [-0.05, 0) is 36.8 Å². The van der Waals surface area contributed by atoms with E-state index in [4.69, 9.17) is 11.6 Å². The predicted molar refractivity (Wildman–Crippen MR) is 102 cm³/mol. The van der Waals surface area contributed by atoms with Crippen molar-refractivity contribution in [3.05, 3.63) is 41.4 Å². The molecule has 0 aliphatic heterocycles. The molecular weight excluding hydrogens is 346 g/mol. The summed E-state index contributed by atoms with van der Waals surface area (Å²) in [6.07, 6.45) is 6.88. The van der Waals surface area contributed by atoms with E-state index >= 15 is 0 Å². The summed E-state index contributed by atoms with van der Waals surface area (Å²) in [6, 6.07) is 9.57. The SMILES string of the molecule is CC1CCC(Cn2cnc3nc(C#N)nc(-c4cccc(Cl)c4)c32)CC1. The molecule has 1 aliphatic rings. The summed E-state index contributed by atoms with van der Waals surface area (Å²) < 4.78 is 2.15. The predicted octanol–water partition coefficient (Wildman–Crippen LogP) is 4.84. The van der Waals surface area contributed by atoms with E-state index in [0.29, 0.717) is 16.6 Å². The van der Waals surface area contributed by atoms with Gasteiger partial charge in [0.05, 0.1) is 6.33 Å². The van der Waals surface area contributed by atoms with Crippen LogP contribution in [0, 0.1) is 23.2 Å². The number of imidazole rings is 1. The Kier molecular flexibility index (Phi) is 4.60. The maximum Gasteiger partial charge on any atom is 0.234 e. The van der Waals surface area contributed by atoms with Crippen molar-refractivity contribution in [3.63, 3.8) is 0 Å². The first-order valence-electron chi connectivity index (χ1n) is 9.03. The van der Waals surface area contributed by atoms with Crippen LogP contribution in [-0.4, -0.2) is 19.5 Å². The van der Waals surface area contributed by atoms with E-state index in [1.54, 1.807) is 0 Å². The van der Waals surface area contributed by atoms with E-state index in [1.807, 2.05) is 36.7 Å². The molecule has 4 rings (SSSR count). The number of nitriles is 1. The van der Waals surface area contributed by atoms with Gasteiger partial charge in [0, 0.05) is 17.1 Å². The van der Waals surface area contributed by atoms with Crippen LogP contribution in [0.2, 0.25) is 5.02 Å². The lowest BCUT2D eigenvalue weighted by Gasteiger charge is -2.26. The first-order chi connectivity index (χ1) is 12.6. The van der Waals surface area contributed by atoms with Crippen LogP contribution in [0.5, 0.6) is 0 Å². The molecule has 132 valence electrons. The lowest BCUT2D eigenvalue weighted by atomic mass is 9.83. The molecule has 0 spiro atoms. The van der Waals surface area contributed by atoms with Gasteiger partial charge >= 0.3 is 0 Å². The minimum atomic E-state index is 0.129. The second kappa shape index (κ2) is 7.05. The second-order valence-corrected chi connectivity index (χ2v) is 7.65.